The summed E-state index contributed by atoms with van der Waals surface area (Å²) in [4.78, 5) is 41.2. The normalized spacial score (nSPS) is 11.7. The largest absolute Gasteiger partial charge is 0.493 e. The minimum absolute atomic E-state index is 0.0222. The summed E-state index contributed by atoms with van der Waals surface area (Å²) in [7, 11) is 0. The summed E-state index contributed by atoms with van der Waals surface area (Å²) in [6.07, 6.45) is 1.58. The van der Waals surface area contributed by atoms with E-state index in [4.69, 9.17) is 27.9 Å². The lowest BCUT2D eigenvalue weighted by Crippen LogP contribution is -2.30. The van der Waals surface area contributed by atoms with Crippen LogP contribution < -0.4 is 20.7 Å². The van der Waals surface area contributed by atoms with Crippen LogP contribution in [-0.2, 0) is 9.59 Å². The number of rotatable bonds is 12. The second-order valence-electron chi connectivity index (χ2n) is 10.4. The number of thioether (sulfide) groups is 1. The monoisotopic (exact) mass is 695 g/mol. The first-order valence-electron chi connectivity index (χ1n) is 15.0. The average molecular weight is 697 g/mol. The Morgan fingerprint density at radius 2 is 1.50 bits per heavy atom. The van der Waals surface area contributed by atoms with Gasteiger partial charge < -0.3 is 20.7 Å². The minimum atomic E-state index is -0.664. The van der Waals surface area contributed by atoms with Gasteiger partial charge in [0, 0.05) is 26.7 Å². The van der Waals surface area contributed by atoms with Crippen LogP contribution in [0.4, 0.5) is 11.4 Å². The Morgan fingerprint density at radius 3 is 2.25 bits per heavy atom. The smallest absolute Gasteiger partial charge is 0.272 e. The first-order chi connectivity index (χ1) is 23.3. The molecule has 1 atom stereocenters. The van der Waals surface area contributed by atoms with Crippen molar-refractivity contribution in [2.45, 2.75) is 17.1 Å². The van der Waals surface area contributed by atoms with E-state index in [1.54, 1.807) is 78.9 Å². The number of hydrogen-bond donors (Lipinski definition) is 3. The summed E-state index contributed by atoms with van der Waals surface area (Å²) in [5, 5.41) is 8.70. The molecule has 0 fully saturated rings. The maximum atomic E-state index is 13.7. The maximum absolute atomic E-state index is 13.7. The molecule has 3 amide bonds. The van der Waals surface area contributed by atoms with E-state index < -0.39 is 17.1 Å². The molecular formula is C38H31Cl2N3O4S. The van der Waals surface area contributed by atoms with Gasteiger partial charge >= 0.3 is 0 Å². The predicted octanol–water partition coefficient (Wildman–Crippen LogP) is 9.27. The number of ether oxygens (including phenoxy) is 1. The highest BCUT2D eigenvalue weighted by molar-refractivity contribution is 8.00. The van der Waals surface area contributed by atoms with Crippen LogP contribution in [0.25, 0.3) is 6.08 Å². The Morgan fingerprint density at radius 1 is 0.792 bits per heavy atom. The fraction of sp³-hybridized carbons (Fsp3) is 0.0789. The van der Waals surface area contributed by atoms with Crippen LogP contribution in [0.3, 0.4) is 0 Å². The number of nitrogens with one attached hydrogen (secondary N) is 3. The standard InChI is InChI=1S/C38H31Cl2N3O4S/c1-2-47-34-19-10-9-16-27(34)22-33(43-36(44)26-14-7-4-8-15-26)37(45)41-29-17-11-18-30(24-29)48-35(25-12-5-3-6-13-25)38(46)42-32-23-28(39)20-21-31(32)40/h3-24,35H,2H2,1H3,(H,41,45)(H,42,46)(H,43,44)/b33-22+. The van der Waals surface area contributed by atoms with Gasteiger partial charge in [-0.2, -0.15) is 0 Å². The van der Waals surface area contributed by atoms with Crippen molar-refractivity contribution in [3.8, 4) is 5.75 Å². The van der Waals surface area contributed by atoms with E-state index in [-0.39, 0.29) is 11.6 Å². The predicted molar refractivity (Wildman–Crippen MR) is 195 cm³/mol. The molecule has 0 aliphatic heterocycles. The zero-order chi connectivity index (χ0) is 33.9. The number of amides is 3. The molecule has 0 aliphatic rings. The lowest BCUT2D eigenvalue weighted by atomic mass is 10.1. The van der Waals surface area contributed by atoms with Gasteiger partial charge in [0.05, 0.1) is 17.3 Å². The molecule has 242 valence electrons. The van der Waals surface area contributed by atoms with Gasteiger partial charge in [-0.05, 0) is 73.2 Å². The first-order valence-corrected chi connectivity index (χ1v) is 16.6. The zero-order valence-corrected chi connectivity index (χ0v) is 28.1. The molecule has 0 bridgehead atoms. The summed E-state index contributed by atoms with van der Waals surface area (Å²) >= 11 is 13.8. The van der Waals surface area contributed by atoms with Crippen molar-refractivity contribution in [3.63, 3.8) is 0 Å². The molecule has 5 aromatic carbocycles. The van der Waals surface area contributed by atoms with Crippen LogP contribution in [0.1, 0.15) is 33.7 Å². The van der Waals surface area contributed by atoms with Crippen LogP contribution in [0.15, 0.2) is 138 Å². The van der Waals surface area contributed by atoms with Gasteiger partial charge in [-0.3, -0.25) is 14.4 Å². The van der Waals surface area contributed by atoms with Crippen LogP contribution in [-0.4, -0.2) is 24.3 Å². The number of para-hydroxylation sites is 1. The Hall–Kier alpha value is -5.02. The fourth-order valence-electron chi connectivity index (χ4n) is 4.66. The van der Waals surface area contributed by atoms with E-state index in [2.05, 4.69) is 16.0 Å². The Balaban J connectivity index is 1.40. The highest BCUT2D eigenvalue weighted by atomic mass is 35.5. The van der Waals surface area contributed by atoms with E-state index in [9.17, 15) is 14.4 Å². The third-order valence-corrected chi connectivity index (χ3v) is 8.73. The minimum Gasteiger partial charge on any atom is -0.493 e. The lowest BCUT2D eigenvalue weighted by Gasteiger charge is -2.18. The molecule has 3 N–H and O–H groups in total. The molecule has 5 rings (SSSR count). The number of carbonyl (C=O) groups excluding carboxylic acids is 3. The van der Waals surface area contributed by atoms with Gasteiger partial charge in [-0.25, -0.2) is 0 Å². The number of hydrogen-bond acceptors (Lipinski definition) is 5. The van der Waals surface area contributed by atoms with Crippen molar-refractivity contribution in [2.75, 3.05) is 17.2 Å². The summed E-state index contributed by atoms with van der Waals surface area (Å²) in [6, 6.07) is 37.2. The molecule has 7 nitrogen and oxygen atoms in total. The average Bonchev–Trinajstić information content (AvgIpc) is 3.10. The SMILES string of the molecule is CCOc1ccccc1/C=C(/NC(=O)c1ccccc1)C(=O)Nc1cccc(SC(C(=O)Nc2cc(Cl)ccc2Cl)c2ccccc2)c1. The molecule has 0 spiro atoms. The highest BCUT2D eigenvalue weighted by Crippen LogP contribution is 2.38. The van der Waals surface area contributed by atoms with Gasteiger partial charge in [0.15, 0.2) is 0 Å². The molecule has 1 unspecified atom stereocenters. The van der Waals surface area contributed by atoms with Gasteiger partial charge in [0.2, 0.25) is 5.91 Å². The highest BCUT2D eigenvalue weighted by Gasteiger charge is 2.24. The van der Waals surface area contributed by atoms with E-state index in [0.717, 1.165) is 10.5 Å². The van der Waals surface area contributed by atoms with Crippen LogP contribution in [0, 0.1) is 0 Å². The van der Waals surface area contributed by atoms with Gasteiger partial charge in [-0.15, -0.1) is 11.8 Å². The Kier molecular flexibility index (Phi) is 11.9. The molecule has 5 aromatic rings. The quantitative estimate of drug-likeness (QED) is 0.0893. The van der Waals surface area contributed by atoms with E-state index >= 15 is 0 Å². The number of halogens is 2. The zero-order valence-electron chi connectivity index (χ0n) is 25.8. The number of benzene rings is 5. The third-order valence-electron chi connectivity index (χ3n) is 6.92. The lowest BCUT2D eigenvalue weighted by molar-refractivity contribution is -0.116. The maximum Gasteiger partial charge on any atom is 0.272 e. The molecule has 0 radical (unpaired) electrons. The van der Waals surface area contributed by atoms with Crippen molar-refractivity contribution >= 4 is 70.1 Å². The molecule has 0 saturated carbocycles. The van der Waals surface area contributed by atoms with Crippen molar-refractivity contribution in [1.82, 2.24) is 5.32 Å². The van der Waals surface area contributed by atoms with Crippen molar-refractivity contribution in [2.24, 2.45) is 0 Å². The summed E-state index contributed by atoms with van der Waals surface area (Å²) in [5.41, 5.74) is 2.69. The van der Waals surface area contributed by atoms with Crippen LogP contribution in [0.5, 0.6) is 5.75 Å². The topological polar surface area (TPSA) is 96.5 Å². The second kappa shape index (κ2) is 16.7. The third kappa shape index (κ3) is 9.29. The van der Waals surface area contributed by atoms with Gasteiger partial charge in [0.1, 0.15) is 16.7 Å². The van der Waals surface area contributed by atoms with Gasteiger partial charge in [0.25, 0.3) is 11.8 Å². The van der Waals surface area contributed by atoms with Crippen LogP contribution in [0.2, 0.25) is 10.0 Å². The molecule has 10 heteroatoms. The number of anilines is 2. The number of carbonyl (C=O) groups is 3. The summed E-state index contributed by atoms with van der Waals surface area (Å²) < 4.78 is 5.75. The van der Waals surface area contributed by atoms with E-state index in [0.29, 0.717) is 44.9 Å². The van der Waals surface area contributed by atoms with Crippen molar-refractivity contribution in [1.29, 1.82) is 0 Å². The molecule has 48 heavy (non-hydrogen) atoms. The Bertz CT molecular complexity index is 1940. The van der Waals surface area contributed by atoms with E-state index in [1.165, 1.54) is 11.8 Å². The van der Waals surface area contributed by atoms with Gasteiger partial charge in [-0.1, -0.05) is 96.0 Å². The molecule has 0 aliphatic carbocycles. The van der Waals surface area contributed by atoms with Crippen LogP contribution >= 0.6 is 35.0 Å². The molecule has 0 heterocycles. The Labute approximate surface area is 293 Å². The molecule has 0 aromatic heterocycles. The van der Waals surface area contributed by atoms with Crippen molar-refractivity contribution < 1.29 is 19.1 Å². The molecular weight excluding hydrogens is 665 g/mol. The first kappa shape index (κ1) is 34.3. The summed E-state index contributed by atoms with van der Waals surface area (Å²) in [5.74, 6) is -0.707. The molecule has 0 saturated heterocycles. The fourth-order valence-corrected chi connectivity index (χ4v) is 6.08. The van der Waals surface area contributed by atoms with Crippen molar-refractivity contribution in [3.05, 3.63) is 160 Å². The van der Waals surface area contributed by atoms with E-state index in [1.807, 2.05) is 61.5 Å². The second-order valence-corrected chi connectivity index (χ2v) is 12.4. The summed E-state index contributed by atoms with van der Waals surface area (Å²) in [6.45, 7) is 2.30.